The summed E-state index contributed by atoms with van der Waals surface area (Å²) < 4.78 is 49.5. The number of ether oxygens (including phenoxy) is 9. The molecule has 0 fully saturated rings. The van der Waals surface area contributed by atoms with Gasteiger partial charge in [0.05, 0.1) is 92.5 Å². The molecule has 0 aromatic carbocycles. The van der Waals surface area contributed by atoms with Gasteiger partial charge in [-0.1, -0.05) is 31.1 Å². The van der Waals surface area contributed by atoms with Crippen LogP contribution in [0.2, 0.25) is 0 Å². The Labute approximate surface area is 276 Å². The number of unbranched alkanes of at least 4 members (excludes halogenated alkanes) is 1. The van der Waals surface area contributed by atoms with Crippen LogP contribution < -0.4 is 0 Å². The maximum absolute atomic E-state index is 12.7. The molecule has 0 aromatic heterocycles. The second-order valence-corrected chi connectivity index (χ2v) is 10.5. The summed E-state index contributed by atoms with van der Waals surface area (Å²) in [5.74, 6) is 7.52. The van der Waals surface area contributed by atoms with Gasteiger partial charge in [-0.2, -0.15) is 0 Å². The maximum Gasteiger partial charge on any atom is 0.136 e. The summed E-state index contributed by atoms with van der Waals surface area (Å²) in [5.41, 5.74) is -0.767. The number of carbonyl (C=O) groups is 2. The van der Waals surface area contributed by atoms with Gasteiger partial charge in [-0.3, -0.25) is 9.59 Å². The van der Waals surface area contributed by atoms with Crippen molar-refractivity contribution in [3.05, 3.63) is 0 Å². The lowest BCUT2D eigenvalue weighted by atomic mass is 9.84. The van der Waals surface area contributed by atoms with Gasteiger partial charge in [0.2, 0.25) is 0 Å². The summed E-state index contributed by atoms with van der Waals surface area (Å²) in [6.07, 6.45) is 20.3. The molecule has 0 aliphatic carbocycles. The number of carbonyl (C=O) groups excluding carboxylic acids is 2. The van der Waals surface area contributed by atoms with Crippen molar-refractivity contribution in [1.82, 2.24) is 0 Å². The zero-order valence-electron chi connectivity index (χ0n) is 27.9. The zero-order chi connectivity index (χ0) is 33.8. The van der Waals surface area contributed by atoms with Gasteiger partial charge >= 0.3 is 0 Å². The van der Waals surface area contributed by atoms with Gasteiger partial charge in [0.15, 0.2) is 0 Å². The highest BCUT2D eigenvalue weighted by molar-refractivity contribution is 5.79. The van der Waals surface area contributed by atoms with E-state index in [1.807, 2.05) is 0 Å². The van der Waals surface area contributed by atoms with Crippen molar-refractivity contribution >= 4 is 11.6 Å². The first-order valence-electron chi connectivity index (χ1n) is 16.1. The molecule has 0 aliphatic heterocycles. The molecule has 11 nitrogen and oxygen atoms in total. The van der Waals surface area contributed by atoms with Crippen LogP contribution in [0.3, 0.4) is 0 Å². The summed E-state index contributed by atoms with van der Waals surface area (Å²) in [6, 6.07) is 0. The molecule has 0 bridgehead atoms. The fourth-order valence-corrected chi connectivity index (χ4v) is 4.02. The predicted molar refractivity (Wildman–Crippen MR) is 174 cm³/mol. The van der Waals surface area contributed by atoms with E-state index in [4.69, 9.17) is 61.9 Å². The van der Waals surface area contributed by atoms with E-state index in [-0.39, 0.29) is 64.9 Å². The lowest BCUT2D eigenvalue weighted by Gasteiger charge is -2.32. The fourth-order valence-electron chi connectivity index (χ4n) is 4.02. The van der Waals surface area contributed by atoms with Crippen molar-refractivity contribution in [1.29, 1.82) is 0 Å². The standard InChI is InChI=1S/C35H56O11/c1-5-9-11-33(36)12-10-17-38-19-21-40-23-25-42-27-28-43-26-24-41-22-20-39-18-13-34(37)29-35(30-44-14-6-2,31-45-15-7-3)32-46-16-8-4/h2-4H,5,9-32H2,1H3. The van der Waals surface area contributed by atoms with Gasteiger partial charge in [0.25, 0.3) is 0 Å². The van der Waals surface area contributed by atoms with Crippen LogP contribution >= 0.6 is 0 Å². The Hall–Kier alpha value is -2.34. The fraction of sp³-hybridized carbons (Fsp3) is 0.771. The Balaban J connectivity index is 3.76. The molecule has 11 heteroatoms. The van der Waals surface area contributed by atoms with Crippen molar-refractivity contribution in [2.75, 3.05) is 119 Å². The van der Waals surface area contributed by atoms with Crippen LogP contribution in [0.4, 0.5) is 0 Å². The van der Waals surface area contributed by atoms with Gasteiger partial charge in [-0.15, -0.1) is 19.3 Å². The van der Waals surface area contributed by atoms with Crippen LogP contribution in [0.25, 0.3) is 0 Å². The van der Waals surface area contributed by atoms with Crippen LogP contribution in [0.15, 0.2) is 0 Å². The molecular weight excluding hydrogens is 596 g/mol. The molecule has 0 rings (SSSR count). The van der Waals surface area contributed by atoms with E-state index in [2.05, 4.69) is 24.7 Å². The van der Waals surface area contributed by atoms with Crippen LogP contribution in [-0.4, -0.2) is 130 Å². The molecule has 0 saturated carbocycles. The molecular formula is C35H56O11. The van der Waals surface area contributed by atoms with Gasteiger partial charge < -0.3 is 42.6 Å². The first-order valence-corrected chi connectivity index (χ1v) is 16.1. The second kappa shape index (κ2) is 34.0. The van der Waals surface area contributed by atoms with E-state index >= 15 is 0 Å². The van der Waals surface area contributed by atoms with Gasteiger partial charge in [-0.25, -0.2) is 0 Å². The summed E-state index contributed by atoms with van der Waals surface area (Å²) >= 11 is 0. The molecule has 0 saturated heterocycles. The molecule has 0 heterocycles. The van der Waals surface area contributed by atoms with E-state index in [9.17, 15) is 9.59 Å². The third kappa shape index (κ3) is 29.1. The lowest BCUT2D eigenvalue weighted by molar-refractivity contribution is -0.128. The van der Waals surface area contributed by atoms with Crippen molar-refractivity contribution in [3.8, 4) is 37.0 Å². The quantitative estimate of drug-likeness (QED) is 0.0735. The van der Waals surface area contributed by atoms with Crippen molar-refractivity contribution in [3.63, 3.8) is 0 Å². The number of ketones is 2. The SMILES string of the molecule is C#CCOCC(COCC#C)(COCC#C)CC(=O)CCOCCOCCOCCOCCOCCOCCCC(=O)CCCC. The minimum Gasteiger partial charge on any atom is -0.379 e. The van der Waals surface area contributed by atoms with Crippen molar-refractivity contribution in [2.24, 2.45) is 5.41 Å². The molecule has 0 spiro atoms. The van der Waals surface area contributed by atoms with E-state index in [1.54, 1.807) is 0 Å². The average molecular weight is 653 g/mol. The molecule has 0 aromatic rings. The van der Waals surface area contributed by atoms with E-state index < -0.39 is 5.41 Å². The van der Waals surface area contributed by atoms with Crippen LogP contribution in [0.5, 0.6) is 0 Å². The normalized spacial score (nSPS) is 11.2. The van der Waals surface area contributed by atoms with Gasteiger partial charge in [0, 0.05) is 37.7 Å². The third-order valence-electron chi connectivity index (χ3n) is 6.29. The number of hydrogen-bond donors (Lipinski definition) is 0. The zero-order valence-corrected chi connectivity index (χ0v) is 27.9. The van der Waals surface area contributed by atoms with Crippen LogP contribution in [0, 0.1) is 42.4 Å². The largest absolute Gasteiger partial charge is 0.379 e. The topological polar surface area (TPSA) is 117 Å². The molecule has 0 atom stereocenters. The highest BCUT2D eigenvalue weighted by atomic mass is 16.6. The highest BCUT2D eigenvalue weighted by Crippen LogP contribution is 2.26. The van der Waals surface area contributed by atoms with Crippen LogP contribution in [0.1, 0.15) is 51.9 Å². The molecule has 0 amide bonds. The minimum atomic E-state index is -0.767. The first kappa shape index (κ1) is 43.7. The van der Waals surface area contributed by atoms with Gasteiger partial charge in [0.1, 0.15) is 31.4 Å². The Morgan fingerprint density at radius 3 is 1.24 bits per heavy atom. The predicted octanol–water partition coefficient (Wildman–Crippen LogP) is 2.91. The Morgan fingerprint density at radius 1 is 0.478 bits per heavy atom. The first-order chi connectivity index (χ1) is 22.5. The Morgan fingerprint density at radius 2 is 0.848 bits per heavy atom. The number of Topliss-reactive ketones (excluding diaryl/α,β-unsaturated/α-hetero) is 2. The molecule has 0 radical (unpaired) electrons. The van der Waals surface area contributed by atoms with E-state index in [1.165, 1.54) is 0 Å². The highest BCUT2D eigenvalue weighted by Gasteiger charge is 2.34. The summed E-state index contributed by atoms with van der Waals surface area (Å²) in [7, 11) is 0. The number of hydrogen-bond acceptors (Lipinski definition) is 11. The maximum atomic E-state index is 12.7. The Bertz CT molecular complexity index is 806. The molecule has 0 unspecified atom stereocenters. The smallest absolute Gasteiger partial charge is 0.136 e. The number of terminal acetylenes is 3. The van der Waals surface area contributed by atoms with Gasteiger partial charge in [-0.05, 0) is 12.8 Å². The molecule has 262 valence electrons. The molecule has 0 aliphatic rings. The lowest BCUT2D eigenvalue weighted by Crippen LogP contribution is -2.40. The van der Waals surface area contributed by atoms with Crippen molar-refractivity contribution in [2.45, 2.75) is 51.9 Å². The summed E-state index contributed by atoms with van der Waals surface area (Å²) in [6.45, 7) is 8.19. The summed E-state index contributed by atoms with van der Waals surface area (Å²) in [4.78, 5) is 24.3. The summed E-state index contributed by atoms with van der Waals surface area (Å²) in [5, 5.41) is 0. The van der Waals surface area contributed by atoms with Crippen molar-refractivity contribution < 1.29 is 52.2 Å². The average Bonchev–Trinajstić information content (AvgIpc) is 3.04. The van der Waals surface area contributed by atoms with Crippen LogP contribution in [-0.2, 0) is 52.2 Å². The third-order valence-corrected chi connectivity index (χ3v) is 6.29. The van der Waals surface area contributed by atoms with E-state index in [0.717, 1.165) is 19.3 Å². The molecule has 0 N–H and O–H groups in total. The second-order valence-electron chi connectivity index (χ2n) is 10.5. The number of rotatable bonds is 36. The monoisotopic (exact) mass is 652 g/mol. The van der Waals surface area contributed by atoms with E-state index in [0.29, 0.717) is 91.3 Å². The minimum absolute atomic E-state index is 0.0338. The molecule has 46 heavy (non-hydrogen) atoms. The Kier molecular flexibility index (Phi) is 32.3.